The fourth-order valence-corrected chi connectivity index (χ4v) is 2.84. The van der Waals surface area contributed by atoms with E-state index in [0.29, 0.717) is 24.0 Å². The second-order valence-electron chi connectivity index (χ2n) is 4.13. The highest BCUT2D eigenvalue weighted by atomic mass is 32.2. The maximum Gasteiger partial charge on any atom is 0.244 e. The van der Waals surface area contributed by atoms with Crippen LogP contribution in [0, 0.1) is 12.8 Å². The van der Waals surface area contributed by atoms with E-state index in [1.807, 2.05) is 0 Å². The number of hydrogen-bond acceptors (Lipinski definition) is 4. The number of furan rings is 1. The zero-order valence-electron chi connectivity index (χ0n) is 9.19. The Bertz CT molecular complexity index is 474. The summed E-state index contributed by atoms with van der Waals surface area (Å²) in [6, 6.07) is 1.49. The van der Waals surface area contributed by atoms with E-state index in [-0.39, 0.29) is 11.4 Å². The van der Waals surface area contributed by atoms with Crippen LogP contribution in [0.3, 0.4) is 0 Å². The van der Waals surface area contributed by atoms with Gasteiger partial charge in [0, 0.05) is 12.6 Å². The molecule has 0 unspecified atom stereocenters. The Morgan fingerprint density at radius 2 is 2.25 bits per heavy atom. The Morgan fingerprint density at radius 1 is 1.56 bits per heavy atom. The van der Waals surface area contributed by atoms with E-state index < -0.39 is 10.0 Å². The molecule has 0 amide bonds. The topological polar surface area (TPSA) is 85.3 Å². The first-order valence-electron chi connectivity index (χ1n) is 5.32. The SMILES string of the molecule is Cc1oc(CN)cc1S(=O)(=O)NCC1CC1. The van der Waals surface area contributed by atoms with Crippen molar-refractivity contribution in [1.29, 1.82) is 0 Å². The fraction of sp³-hybridized carbons (Fsp3) is 0.600. The van der Waals surface area contributed by atoms with Gasteiger partial charge in [0.1, 0.15) is 16.4 Å². The van der Waals surface area contributed by atoms with Gasteiger partial charge in [0.2, 0.25) is 10.0 Å². The van der Waals surface area contributed by atoms with Gasteiger partial charge in [-0.05, 0) is 25.7 Å². The van der Waals surface area contributed by atoms with E-state index >= 15 is 0 Å². The van der Waals surface area contributed by atoms with Gasteiger partial charge >= 0.3 is 0 Å². The Kier molecular flexibility index (Phi) is 3.05. The van der Waals surface area contributed by atoms with Crippen molar-refractivity contribution < 1.29 is 12.8 Å². The first-order valence-corrected chi connectivity index (χ1v) is 6.80. The number of nitrogens with two attached hydrogens (primary N) is 1. The van der Waals surface area contributed by atoms with Gasteiger partial charge in [-0.15, -0.1) is 0 Å². The fourth-order valence-electron chi connectivity index (χ4n) is 1.52. The van der Waals surface area contributed by atoms with Gasteiger partial charge in [-0.3, -0.25) is 0 Å². The number of aryl methyl sites for hydroxylation is 1. The van der Waals surface area contributed by atoms with Crippen LogP contribution < -0.4 is 10.5 Å². The molecule has 1 fully saturated rings. The van der Waals surface area contributed by atoms with E-state index in [1.54, 1.807) is 6.92 Å². The molecule has 0 aliphatic heterocycles. The van der Waals surface area contributed by atoms with Crippen molar-refractivity contribution in [2.75, 3.05) is 6.54 Å². The number of hydrogen-bond donors (Lipinski definition) is 2. The summed E-state index contributed by atoms with van der Waals surface area (Å²) in [4.78, 5) is 0.202. The van der Waals surface area contributed by atoms with Crippen molar-refractivity contribution in [2.45, 2.75) is 31.2 Å². The predicted octanol–water partition coefficient (Wildman–Crippen LogP) is 0.735. The molecule has 1 aromatic heterocycles. The summed E-state index contributed by atoms with van der Waals surface area (Å²) in [7, 11) is -3.43. The lowest BCUT2D eigenvalue weighted by Gasteiger charge is -2.03. The monoisotopic (exact) mass is 244 g/mol. The highest BCUT2D eigenvalue weighted by Gasteiger charge is 2.26. The molecule has 16 heavy (non-hydrogen) atoms. The van der Waals surface area contributed by atoms with Gasteiger partial charge in [0.05, 0.1) is 6.54 Å². The van der Waals surface area contributed by atoms with Crippen LogP contribution in [0.4, 0.5) is 0 Å². The van der Waals surface area contributed by atoms with Crippen molar-refractivity contribution in [2.24, 2.45) is 11.7 Å². The predicted molar refractivity (Wildman–Crippen MR) is 59.2 cm³/mol. The molecular formula is C10H16N2O3S. The lowest BCUT2D eigenvalue weighted by atomic mass is 10.4. The molecule has 5 nitrogen and oxygen atoms in total. The third-order valence-corrected chi connectivity index (χ3v) is 4.20. The van der Waals surface area contributed by atoms with E-state index in [4.69, 9.17) is 10.2 Å². The van der Waals surface area contributed by atoms with E-state index in [0.717, 1.165) is 12.8 Å². The molecule has 1 aromatic rings. The molecule has 1 aliphatic carbocycles. The van der Waals surface area contributed by atoms with Crippen molar-refractivity contribution in [3.63, 3.8) is 0 Å². The van der Waals surface area contributed by atoms with Gasteiger partial charge in [-0.25, -0.2) is 13.1 Å². The van der Waals surface area contributed by atoms with Crippen LogP contribution in [0.5, 0.6) is 0 Å². The van der Waals surface area contributed by atoms with Crippen LogP contribution in [-0.2, 0) is 16.6 Å². The van der Waals surface area contributed by atoms with Gasteiger partial charge in [0.25, 0.3) is 0 Å². The maximum absolute atomic E-state index is 11.9. The Labute approximate surface area is 95.1 Å². The molecule has 1 aliphatic rings. The molecule has 6 heteroatoms. The second-order valence-corrected chi connectivity index (χ2v) is 5.87. The van der Waals surface area contributed by atoms with E-state index in [1.165, 1.54) is 6.07 Å². The standard InChI is InChI=1S/C10H16N2O3S/c1-7-10(4-9(5-11)15-7)16(13,14)12-6-8-2-3-8/h4,8,12H,2-3,5-6,11H2,1H3. The molecule has 0 aromatic carbocycles. The van der Waals surface area contributed by atoms with Crippen molar-refractivity contribution >= 4 is 10.0 Å². The van der Waals surface area contributed by atoms with Gasteiger partial charge < -0.3 is 10.2 Å². The summed E-state index contributed by atoms with van der Waals surface area (Å²) < 4.78 is 31.6. The molecule has 2 rings (SSSR count). The number of rotatable bonds is 5. The zero-order valence-corrected chi connectivity index (χ0v) is 10.0. The second kappa shape index (κ2) is 4.20. The average Bonchev–Trinajstić information content (AvgIpc) is 2.98. The smallest absolute Gasteiger partial charge is 0.244 e. The normalized spacial score (nSPS) is 16.6. The minimum Gasteiger partial charge on any atom is -0.464 e. The summed E-state index contributed by atoms with van der Waals surface area (Å²) in [6.45, 7) is 2.36. The third-order valence-electron chi connectivity index (χ3n) is 2.67. The summed E-state index contributed by atoms with van der Waals surface area (Å²) in [5.41, 5.74) is 5.40. The number of nitrogens with one attached hydrogen (secondary N) is 1. The first-order chi connectivity index (χ1) is 7.53. The van der Waals surface area contributed by atoms with Gasteiger partial charge in [-0.2, -0.15) is 0 Å². The van der Waals surface area contributed by atoms with Crippen molar-refractivity contribution in [1.82, 2.24) is 4.72 Å². The minimum atomic E-state index is -3.43. The largest absolute Gasteiger partial charge is 0.464 e. The maximum atomic E-state index is 11.9. The summed E-state index contributed by atoms with van der Waals surface area (Å²) in [5, 5.41) is 0. The minimum absolute atomic E-state index is 0.202. The molecule has 1 saturated carbocycles. The lowest BCUT2D eigenvalue weighted by molar-refractivity contribution is 0.478. The molecular weight excluding hydrogens is 228 g/mol. The van der Waals surface area contributed by atoms with Crippen LogP contribution in [-0.4, -0.2) is 15.0 Å². The van der Waals surface area contributed by atoms with Crippen LogP contribution in [0.2, 0.25) is 0 Å². The third kappa shape index (κ3) is 2.45. The Hall–Kier alpha value is -0.850. The highest BCUT2D eigenvalue weighted by Crippen LogP contribution is 2.28. The Balaban J connectivity index is 2.16. The summed E-state index contributed by atoms with van der Waals surface area (Å²) >= 11 is 0. The highest BCUT2D eigenvalue weighted by molar-refractivity contribution is 7.89. The first kappa shape index (κ1) is 11.6. The van der Waals surface area contributed by atoms with Gasteiger partial charge in [0.15, 0.2) is 0 Å². The molecule has 0 bridgehead atoms. The van der Waals surface area contributed by atoms with Crippen molar-refractivity contribution in [3.05, 3.63) is 17.6 Å². The molecule has 0 saturated heterocycles. The zero-order chi connectivity index (χ0) is 11.8. The average molecular weight is 244 g/mol. The molecule has 0 spiro atoms. The van der Waals surface area contributed by atoms with Crippen molar-refractivity contribution in [3.8, 4) is 0 Å². The molecule has 0 atom stereocenters. The lowest BCUT2D eigenvalue weighted by Crippen LogP contribution is -2.26. The molecule has 3 N–H and O–H groups in total. The Morgan fingerprint density at radius 3 is 2.75 bits per heavy atom. The molecule has 1 heterocycles. The molecule has 90 valence electrons. The van der Waals surface area contributed by atoms with Crippen LogP contribution in [0.15, 0.2) is 15.4 Å². The number of sulfonamides is 1. The van der Waals surface area contributed by atoms with Crippen LogP contribution >= 0.6 is 0 Å². The van der Waals surface area contributed by atoms with E-state index in [2.05, 4.69) is 4.72 Å². The van der Waals surface area contributed by atoms with Crippen LogP contribution in [0.1, 0.15) is 24.4 Å². The summed E-state index contributed by atoms with van der Waals surface area (Å²) in [5.74, 6) is 1.39. The van der Waals surface area contributed by atoms with E-state index in [9.17, 15) is 8.42 Å². The quantitative estimate of drug-likeness (QED) is 0.799. The van der Waals surface area contributed by atoms with Gasteiger partial charge in [-0.1, -0.05) is 0 Å². The summed E-state index contributed by atoms with van der Waals surface area (Å²) in [6.07, 6.45) is 2.22. The van der Waals surface area contributed by atoms with Crippen LogP contribution in [0.25, 0.3) is 0 Å². The molecule has 0 radical (unpaired) electrons.